The van der Waals surface area contributed by atoms with E-state index in [0.717, 1.165) is 47.2 Å². The van der Waals surface area contributed by atoms with Gasteiger partial charge in [0.2, 0.25) is 15.0 Å². The third kappa shape index (κ3) is 2.78. The van der Waals surface area contributed by atoms with Crippen LogP contribution >= 0.6 is 0 Å². The number of sulfone groups is 1. The molecule has 0 unspecified atom stereocenters. The van der Waals surface area contributed by atoms with Gasteiger partial charge in [-0.15, -0.1) is 0 Å². The zero-order valence-corrected chi connectivity index (χ0v) is 14.0. The molecular weight excluding hydrogens is 326 g/mol. The summed E-state index contributed by atoms with van der Waals surface area (Å²) in [5, 5.41) is 8.48. The van der Waals surface area contributed by atoms with Crippen molar-refractivity contribution in [2.24, 2.45) is 0 Å². The van der Waals surface area contributed by atoms with Crippen LogP contribution in [0, 0.1) is 0 Å². The van der Waals surface area contributed by atoms with Crippen LogP contribution in [-0.4, -0.2) is 46.3 Å². The maximum absolute atomic E-state index is 11.6. The lowest BCUT2D eigenvalue weighted by molar-refractivity contribution is 0.240. The Morgan fingerprint density at radius 1 is 1.29 bits per heavy atom. The second-order valence-electron chi connectivity index (χ2n) is 6.08. The van der Waals surface area contributed by atoms with Crippen molar-refractivity contribution < 1.29 is 8.42 Å². The van der Waals surface area contributed by atoms with Gasteiger partial charge in [0, 0.05) is 49.5 Å². The highest BCUT2D eigenvalue weighted by Crippen LogP contribution is 2.22. The van der Waals surface area contributed by atoms with E-state index in [0.29, 0.717) is 13.0 Å². The van der Waals surface area contributed by atoms with Crippen molar-refractivity contribution in [1.29, 1.82) is 0 Å². The molecule has 2 aromatic heterocycles. The summed E-state index contributed by atoms with van der Waals surface area (Å²) in [7, 11) is -3.36. The van der Waals surface area contributed by atoms with E-state index in [1.807, 2.05) is 18.2 Å². The third-order valence-electron chi connectivity index (χ3n) is 4.24. The Bertz CT molecular complexity index is 1010. The van der Waals surface area contributed by atoms with Gasteiger partial charge >= 0.3 is 0 Å². The van der Waals surface area contributed by atoms with E-state index >= 15 is 0 Å². The molecular formula is C16H17N5O2S. The number of fused-ring (bicyclic) bond motifs is 2. The van der Waals surface area contributed by atoms with Crippen LogP contribution in [0.25, 0.3) is 10.9 Å². The molecule has 1 aliphatic heterocycles. The Morgan fingerprint density at radius 3 is 2.96 bits per heavy atom. The van der Waals surface area contributed by atoms with E-state index < -0.39 is 9.84 Å². The van der Waals surface area contributed by atoms with E-state index in [-0.39, 0.29) is 5.16 Å². The fourth-order valence-electron chi connectivity index (χ4n) is 3.03. The van der Waals surface area contributed by atoms with Crippen LogP contribution in [0.5, 0.6) is 0 Å². The van der Waals surface area contributed by atoms with Gasteiger partial charge in [-0.25, -0.2) is 18.4 Å². The number of nitrogens with zero attached hydrogens (tertiary/aromatic N) is 4. The summed E-state index contributed by atoms with van der Waals surface area (Å²) in [6.07, 6.45) is 3.48. The third-order valence-corrected chi connectivity index (χ3v) is 5.10. The molecule has 0 fully saturated rings. The van der Waals surface area contributed by atoms with Crippen molar-refractivity contribution in [2.45, 2.75) is 24.7 Å². The van der Waals surface area contributed by atoms with Crippen LogP contribution in [0.3, 0.4) is 0 Å². The molecule has 3 aromatic rings. The standard InChI is InChI=1S/C16H17N5O2S/c1-24(22,23)16-17-8-11-9-21(7-6-13(11)18-16)10-15-12-4-2-3-5-14(12)19-20-15/h2-5,8H,6-7,9-10H2,1H3,(H,19,20). The molecule has 3 heterocycles. The Balaban J connectivity index is 1.56. The predicted molar refractivity (Wildman–Crippen MR) is 89.1 cm³/mol. The number of hydrogen-bond acceptors (Lipinski definition) is 6. The molecule has 1 aliphatic rings. The molecule has 1 N–H and O–H groups in total. The average molecular weight is 343 g/mol. The molecule has 0 atom stereocenters. The Hall–Kier alpha value is -2.32. The van der Waals surface area contributed by atoms with Gasteiger partial charge in [-0.05, 0) is 6.07 Å². The quantitative estimate of drug-likeness (QED) is 0.721. The Kier molecular flexibility index (Phi) is 3.58. The van der Waals surface area contributed by atoms with Gasteiger partial charge in [-0.1, -0.05) is 18.2 Å². The number of aromatic amines is 1. The van der Waals surface area contributed by atoms with Crippen LogP contribution in [0.15, 0.2) is 35.6 Å². The summed E-state index contributed by atoms with van der Waals surface area (Å²) in [5.41, 5.74) is 3.86. The van der Waals surface area contributed by atoms with Crippen LogP contribution < -0.4 is 0 Å². The maximum Gasteiger partial charge on any atom is 0.246 e. The smallest absolute Gasteiger partial charge is 0.246 e. The predicted octanol–water partition coefficient (Wildman–Crippen LogP) is 1.31. The van der Waals surface area contributed by atoms with E-state index in [9.17, 15) is 8.42 Å². The summed E-state index contributed by atoms with van der Waals surface area (Å²) in [6, 6.07) is 8.03. The van der Waals surface area contributed by atoms with Crippen molar-refractivity contribution in [3.63, 3.8) is 0 Å². The van der Waals surface area contributed by atoms with Gasteiger partial charge < -0.3 is 0 Å². The lowest BCUT2D eigenvalue weighted by Gasteiger charge is -2.27. The number of para-hydroxylation sites is 1. The fourth-order valence-corrected chi connectivity index (χ4v) is 3.55. The number of aromatic nitrogens is 4. The molecule has 0 amide bonds. The highest BCUT2D eigenvalue weighted by atomic mass is 32.2. The summed E-state index contributed by atoms with van der Waals surface area (Å²) < 4.78 is 23.1. The van der Waals surface area contributed by atoms with E-state index in [1.165, 1.54) is 0 Å². The summed E-state index contributed by atoms with van der Waals surface area (Å²) in [5.74, 6) is 0. The number of benzene rings is 1. The molecule has 7 nitrogen and oxygen atoms in total. The topological polar surface area (TPSA) is 91.8 Å². The van der Waals surface area contributed by atoms with Crippen LogP contribution in [0.1, 0.15) is 17.0 Å². The fraction of sp³-hybridized carbons (Fsp3) is 0.312. The highest BCUT2D eigenvalue weighted by molar-refractivity contribution is 7.90. The first-order valence-corrected chi connectivity index (χ1v) is 9.59. The average Bonchev–Trinajstić information content (AvgIpc) is 2.97. The first kappa shape index (κ1) is 15.2. The SMILES string of the molecule is CS(=O)(=O)c1ncc2c(n1)CCN(Cc1[nH]nc3ccccc13)C2. The normalized spacial score (nSPS) is 15.5. The minimum Gasteiger partial charge on any atom is -0.293 e. The summed E-state index contributed by atoms with van der Waals surface area (Å²) in [6.45, 7) is 2.28. The number of rotatable bonds is 3. The lowest BCUT2D eigenvalue weighted by atomic mass is 10.1. The Morgan fingerprint density at radius 2 is 2.12 bits per heavy atom. The van der Waals surface area contributed by atoms with Gasteiger partial charge in [-0.2, -0.15) is 5.10 Å². The van der Waals surface area contributed by atoms with Gasteiger partial charge in [0.05, 0.1) is 16.9 Å². The molecule has 24 heavy (non-hydrogen) atoms. The lowest BCUT2D eigenvalue weighted by Crippen LogP contribution is -2.31. The molecule has 0 saturated carbocycles. The zero-order chi connectivity index (χ0) is 16.7. The number of hydrogen-bond donors (Lipinski definition) is 1. The monoisotopic (exact) mass is 343 g/mol. The molecule has 0 bridgehead atoms. The van der Waals surface area contributed by atoms with E-state index in [2.05, 4.69) is 31.1 Å². The molecule has 0 radical (unpaired) electrons. The summed E-state index contributed by atoms with van der Waals surface area (Å²) >= 11 is 0. The van der Waals surface area contributed by atoms with Crippen LogP contribution in [0.4, 0.5) is 0 Å². The minimum atomic E-state index is -3.36. The molecule has 0 saturated heterocycles. The summed E-state index contributed by atoms with van der Waals surface area (Å²) in [4.78, 5) is 10.5. The highest BCUT2D eigenvalue weighted by Gasteiger charge is 2.22. The molecule has 0 spiro atoms. The van der Waals surface area contributed by atoms with Crippen LogP contribution in [0.2, 0.25) is 0 Å². The molecule has 0 aliphatic carbocycles. The largest absolute Gasteiger partial charge is 0.293 e. The Labute approximate surface area is 139 Å². The zero-order valence-electron chi connectivity index (χ0n) is 13.2. The molecule has 4 rings (SSSR count). The molecule has 8 heteroatoms. The number of H-pyrrole nitrogens is 1. The first-order chi connectivity index (χ1) is 11.5. The van der Waals surface area contributed by atoms with E-state index in [4.69, 9.17) is 0 Å². The second-order valence-corrected chi connectivity index (χ2v) is 7.99. The number of nitrogens with one attached hydrogen (secondary N) is 1. The maximum atomic E-state index is 11.6. The van der Waals surface area contributed by atoms with Crippen molar-refractivity contribution in [3.8, 4) is 0 Å². The van der Waals surface area contributed by atoms with Gasteiger partial charge in [0.15, 0.2) is 0 Å². The minimum absolute atomic E-state index is 0.0886. The van der Waals surface area contributed by atoms with Crippen molar-refractivity contribution in [3.05, 3.63) is 47.4 Å². The van der Waals surface area contributed by atoms with Crippen LogP contribution in [-0.2, 0) is 29.3 Å². The van der Waals surface area contributed by atoms with Crippen molar-refractivity contribution >= 4 is 20.7 Å². The van der Waals surface area contributed by atoms with Gasteiger partial charge in [-0.3, -0.25) is 10.00 Å². The molecule has 124 valence electrons. The van der Waals surface area contributed by atoms with Crippen molar-refractivity contribution in [2.75, 3.05) is 12.8 Å². The van der Waals surface area contributed by atoms with Gasteiger partial charge in [0.1, 0.15) is 0 Å². The van der Waals surface area contributed by atoms with E-state index in [1.54, 1.807) is 6.20 Å². The first-order valence-electron chi connectivity index (χ1n) is 7.70. The van der Waals surface area contributed by atoms with Crippen molar-refractivity contribution in [1.82, 2.24) is 25.1 Å². The molecule has 1 aromatic carbocycles. The second kappa shape index (κ2) is 5.64. The van der Waals surface area contributed by atoms with Gasteiger partial charge in [0.25, 0.3) is 0 Å².